The summed E-state index contributed by atoms with van der Waals surface area (Å²) < 4.78 is 3.47. The van der Waals surface area contributed by atoms with Crippen LogP contribution in [0.4, 0.5) is 5.82 Å². The van der Waals surface area contributed by atoms with Crippen LogP contribution in [0.15, 0.2) is 5.38 Å². The summed E-state index contributed by atoms with van der Waals surface area (Å²) in [6.07, 6.45) is 0. The molecule has 0 saturated carbocycles. The van der Waals surface area contributed by atoms with Gasteiger partial charge in [-0.1, -0.05) is 6.57 Å². The van der Waals surface area contributed by atoms with Crippen LogP contribution in [0, 0.1) is 6.57 Å². The SMILES string of the molecule is [C-]#[N+]c1csnn1. The van der Waals surface area contributed by atoms with Gasteiger partial charge in [0.05, 0.1) is 0 Å². The number of nitrogens with zero attached hydrogens (tertiary/aromatic N) is 3. The first kappa shape index (κ1) is 4.22. The number of hydrogen-bond donors (Lipinski definition) is 0. The van der Waals surface area contributed by atoms with E-state index in [1.807, 2.05) is 0 Å². The Morgan fingerprint density at radius 1 is 1.86 bits per heavy atom. The predicted octanol–water partition coefficient (Wildman–Crippen LogP) is 1.09. The molecule has 0 unspecified atom stereocenters. The molecule has 0 radical (unpaired) electrons. The van der Waals surface area contributed by atoms with Crippen LogP contribution in [0.2, 0.25) is 0 Å². The van der Waals surface area contributed by atoms with Crippen LogP contribution in [0.3, 0.4) is 0 Å². The van der Waals surface area contributed by atoms with Crippen molar-refractivity contribution in [1.29, 1.82) is 0 Å². The summed E-state index contributed by atoms with van der Waals surface area (Å²) >= 11 is 1.19. The standard InChI is InChI=1S/C3HN3S/c1-4-3-2-7-6-5-3/h2H. The third kappa shape index (κ3) is 0.725. The van der Waals surface area contributed by atoms with Crippen molar-refractivity contribution in [1.82, 2.24) is 9.59 Å². The van der Waals surface area contributed by atoms with Gasteiger partial charge >= 0.3 is 5.82 Å². The molecule has 3 nitrogen and oxygen atoms in total. The van der Waals surface area contributed by atoms with Gasteiger partial charge in [0.15, 0.2) is 0 Å². The predicted molar refractivity (Wildman–Crippen MR) is 26.2 cm³/mol. The van der Waals surface area contributed by atoms with Crippen LogP contribution in [-0.2, 0) is 0 Å². The first-order chi connectivity index (χ1) is 3.43. The Morgan fingerprint density at radius 3 is 3.00 bits per heavy atom. The highest BCUT2D eigenvalue weighted by Gasteiger charge is 1.88. The average Bonchev–Trinajstić information content (AvgIpc) is 2.14. The normalized spacial score (nSPS) is 7.86. The minimum absolute atomic E-state index is 0.380. The van der Waals surface area contributed by atoms with Crippen molar-refractivity contribution in [2.75, 3.05) is 0 Å². The lowest BCUT2D eigenvalue weighted by Crippen LogP contribution is -1.56. The molecule has 0 saturated heterocycles. The molecule has 7 heavy (non-hydrogen) atoms. The molecule has 0 fully saturated rings. The van der Waals surface area contributed by atoms with Crippen molar-refractivity contribution in [2.24, 2.45) is 0 Å². The number of rotatable bonds is 0. The summed E-state index contributed by atoms with van der Waals surface area (Å²) in [7, 11) is 0. The molecule has 0 aliphatic carbocycles. The minimum Gasteiger partial charge on any atom is -0.358 e. The van der Waals surface area contributed by atoms with E-state index in [4.69, 9.17) is 6.57 Å². The Labute approximate surface area is 44.6 Å². The Hall–Kier alpha value is -0.950. The number of hydrogen-bond acceptors (Lipinski definition) is 3. The Kier molecular flexibility index (Phi) is 1.00. The maximum Gasteiger partial charge on any atom is 0.308 e. The van der Waals surface area contributed by atoms with Crippen molar-refractivity contribution in [3.63, 3.8) is 0 Å². The highest BCUT2D eigenvalue weighted by Crippen LogP contribution is 2.05. The molecule has 0 aliphatic heterocycles. The molecule has 34 valence electrons. The van der Waals surface area contributed by atoms with Gasteiger partial charge in [-0.15, -0.1) is 0 Å². The van der Waals surface area contributed by atoms with Gasteiger partial charge < -0.3 is 4.85 Å². The Morgan fingerprint density at radius 2 is 2.71 bits per heavy atom. The van der Waals surface area contributed by atoms with E-state index in [0.717, 1.165) is 0 Å². The maximum atomic E-state index is 6.39. The summed E-state index contributed by atoms with van der Waals surface area (Å²) in [5, 5.41) is 5.05. The fraction of sp³-hybridized carbons (Fsp3) is 0. The van der Waals surface area contributed by atoms with Gasteiger partial charge in [-0.3, -0.25) is 0 Å². The van der Waals surface area contributed by atoms with Crippen LogP contribution in [0.1, 0.15) is 0 Å². The molecule has 0 spiro atoms. The van der Waals surface area contributed by atoms with E-state index in [1.54, 1.807) is 5.38 Å². The number of aromatic nitrogens is 2. The highest BCUT2D eigenvalue weighted by molar-refractivity contribution is 7.03. The van der Waals surface area contributed by atoms with E-state index in [2.05, 4.69) is 14.4 Å². The van der Waals surface area contributed by atoms with Gasteiger partial charge in [-0.2, -0.15) is 0 Å². The first-order valence-electron chi connectivity index (χ1n) is 1.58. The van der Waals surface area contributed by atoms with Gasteiger partial charge in [0.1, 0.15) is 0 Å². The van der Waals surface area contributed by atoms with Crippen molar-refractivity contribution in [2.45, 2.75) is 0 Å². The zero-order valence-electron chi connectivity index (χ0n) is 3.33. The lowest BCUT2D eigenvalue weighted by Gasteiger charge is -1.62. The van der Waals surface area contributed by atoms with Gasteiger partial charge in [0, 0.05) is 15.0 Å². The molecule has 0 atom stereocenters. The smallest absolute Gasteiger partial charge is 0.308 e. The molecule has 0 bridgehead atoms. The van der Waals surface area contributed by atoms with Crippen molar-refractivity contribution in [3.8, 4) is 0 Å². The second-order valence-electron chi connectivity index (χ2n) is 0.875. The van der Waals surface area contributed by atoms with E-state index < -0.39 is 0 Å². The largest absolute Gasteiger partial charge is 0.358 e. The first-order valence-corrected chi connectivity index (χ1v) is 2.41. The van der Waals surface area contributed by atoms with Gasteiger partial charge in [-0.05, 0) is 11.5 Å². The summed E-state index contributed by atoms with van der Waals surface area (Å²) in [5.41, 5.74) is 0. The van der Waals surface area contributed by atoms with E-state index in [0.29, 0.717) is 5.82 Å². The van der Waals surface area contributed by atoms with Gasteiger partial charge in [0.25, 0.3) is 0 Å². The Bertz CT molecular complexity index is 173. The van der Waals surface area contributed by atoms with E-state index in [1.165, 1.54) is 11.5 Å². The van der Waals surface area contributed by atoms with Gasteiger partial charge in [-0.25, -0.2) is 0 Å². The maximum absolute atomic E-state index is 6.39. The van der Waals surface area contributed by atoms with Crippen LogP contribution >= 0.6 is 11.5 Å². The summed E-state index contributed by atoms with van der Waals surface area (Å²) in [5.74, 6) is 0.380. The lowest BCUT2D eigenvalue weighted by molar-refractivity contribution is 1.17. The molecule has 1 rings (SSSR count). The zero-order valence-corrected chi connectivity index (χ0v) is 4.14. The zero-order chi connectivity index (χ0) is 5.11. The minimum atomic E-state index is 0.380. The highest BCUT2D eigenvalue weighted by atomic mass is 32.1. The molecule has 0 aromatic carbocycles. The van der Waals surface area contributed by atoms with Crippen LogP contribution in [0.5, 0.6) is 0 Å². The topological polar surface area (TPSA) is 30.1 Å². The van der Waals surface area contributed by atoms with Crippen LogP contribution in [-0.4, -0.2) is 9.59 Å². The molecule has 1 aromatic rings. The fourth-order valence-electron chi connectivity index (χ4n) is 0.208. The van der Waals surface area contributed by atoms with Crippen molar-refractivity contribution >= 4 is 17.4 Å². The second kappa shape index (κ2) is 1.67. The Balaban J connectivity index is 3.04. The van der Waals surface area contributed by atoms with E-state index >= 15 is 0 Å². The van der Waals surface area contributed by atoms with Gasteiger partial charge in [0.2, 0.25) is 0 Å². The molecule has 0 aliphatic rings. The summed E-state index contributed by atoms with van der Waals surface area (Å²) in [6.45, 7) is 6.39. The molecule has 1 aromatic heterocycles. The quantitative estimate of drug-likeness (QED) is 0.469. The van der Waals surface area contributed by atoms with E-state index in [-0.39, 0.29) is 0 Å². The van der Waals surface area contributed by atoms with E-state index in [9.17, 15) is 0 Å². The molecule has 0 amide bonds. The average molecular weight is 111 g/mol. The molecular formula is C3HN3S. The monoisotopic (exact) mass is 111 g/mol. The molecule has 1 heterocycles. The molecular weight excluding hydrogens is 110 g/mol. The summed E-state index contributed by atoms with van der Waals surface area (Å²) in [6, 6.07) is 0. The fourth-order valence-corrected chi connectivity index (χ4v) is 0.580. The summed E-state index contributed by atoms with van der Waals surface area (Å²) in [4.78, 5) is 3.02. The third-order valence-corrected chi connectivity index (χ3v) is 0.955. The second-order valence-corrected chi connectivity index (χ2v) is 1.48. The molecule has 0 N–H and O–H groups in total. The van der Waals surface area contributed by atoms with Crippen LogP contribution < -0.4 is 0 Å². The third-order valence-electron chi connectivity index (χ3n) is 0.463. The lowest BCUT2D eigenvalue weighted by atomic mass is 10.9. The molecule has 4 heteroatoms. The van der Waals surface area contributed by atoms with Crippen molar-refractivity contribution in [3.05, 3.63) is 16.8 Å². The van der Waals surface area contributed by atoms with Crippen LogP contribution in [0.25, 0.3) is 4.85 Å². The van der Waals surface area contributed by atoms with Crippen molar-refractivity contribution < 1.29 is 0 Å².